The zero-order valence-corrected chi connectivity index (χ0v) is 11.1. The van der Waals surface area contributed by atoms with Gasteiger partial charge in [-0.25, -0.2) is 0 Å². The van der Waals surface area contributed by atoms with Gasteiger partial charge in [0.2, 0.25) is 0 Å². The number of phenolic OH excluding ortho intramolecular Hbond substituents is 1. The van der Waals surface area contributed by atoms with Crippen LogP contribution in [-0.2, 0) is 11.2 Å². The molecule has 1 aromatic rings. The summed E-state index contributed by atoms with van der Waals surface area (Å²) in [6.45, 7) is 3.89. The number of rotatable bonds is 6. The van der Waals surface area contributed by atoms with Crippen molar-refractivity contribution in [2.75, 3.05) is 7.05 Å². The standard InChI is InChI=1S/C14H21NO3/c1-4-13(14(17)18)15(3)10(2)9-11-5-7-12(16)8-6-11/h5-8,10,13,16H,4,9H2,1-3H3,(H,17,18). The number of hydrogen-bond donors (Lipinski definition) is 2. The van der Waals surface area contributed by atoms with Crippen molar-refractivity contribution in [1.29, 1.82) is 0 Å². The number of aromatic hydroxyl groups is 1. The Balaban J connectivity index is 2.66. The second-order valence-corrected chi connectivity index (χ2v) is 4.65. The second kappa shape index (κ2) is 6.40. The highest BCUT2D eigenvalue weighted by molar-refractivity contribution is 5.73. The van der Waals surface area contributed by atoms with Crippen molar-refractivity contribution in [1.82, 2.24) is 4.90 Å². The monoisotopic (exact) mass is 251 g/mol. The Morgan fingerprint density at radius 2 is 1.89 bits per heavy atom. The molecule has 2 unspecified atom stereocenters. The van der Waals surface area contributed by atoms with Crippen LogP contribution in [-0.4, -0.2) is 40.2 Å². The van der Waals surface area contributed by atoms with Crippen molar-refractivity contribution in [3.8, 4) is 5.75 Å². The second-order valence-electron chi connectivity index (χ2n) is 4.65. The summed E-state index contributed by atoms with van der Waals surface area (Å²) in [4.78, 5) is 13.0. The van der Waals surface area contributed by atoms with Gasteiger partial charge in [-0.05, 0) is 44.5 Å². The molecule has 0 aromatic heterocycles. The number of carboxylic acids is 1. The van der Waals surface area contributed by atoms with Gasteiger partial charge in [0.1, 0.15) is 11.8 Å². The smallest absolute Gasteiger partial charge is 0.320 e. The van der Waals surface area contributed by atoms with Gasteiger partial charge < -0.3 is 10.2 Å². The van der Waals surface area contributed by atoms with Crippen LogP contribution in [0.5, 0.6) is 5.75 Å². The van der Waals surface area contributed by atoms with Gasteiger partial charge in [0.15, 0.2) is 0 Å². The fourth-order valence-electron chi connectivity index (χ4n) is 2.06. The molecule has 0 amide bonds. The molecule has 0 spiro atoms. The Kier molecular flexibility index (Phi) is 5.16. The van der Waals surface area contributed by atoms with E-state index in [4.69, 9.17) is 5.11 Å². The molecule has 1 aromatic carbocycles. The minimum absolute atomic E-state index is 0.135. The van der Waals surface area contributed by atoms with Gasteiger partial charge in [-0.1, -0.05) is 19.1 Å². The molecule has 2 atom stereocenters. The minimum atomic E-state index is -0.780. The lowest BCUT2D eigenvalue weighted by molar-refractivity contribution is -0.143. The molecule has 4 heteroatoms. The number of nitrogens with zero attached hydrogens (tertiary/aromatic N) is 1. The number of likely N-dealkylation sites (N-methyl/N-ethyl adjacent to an activating group) is 1. The number of hydrogen-bond acceptors (Lipinski definition) is 3. The first kappa shape index (κ1) is 14.5. The summed E-state index contributed by atoms with van der Waals surface area (Å²) in [7, 11) is 1.84. The van der Waals surface area contributed by atoms with Gasteiger partial charge >= 0.3 is 5.97 Å². The average Bonchev–Trinajstić information content (AvgIpc) is 2.32. The Labute approximate surface area is 108 Å². The van der Waals surface area contributed by atoms with E-state index in [2.05, 4.69) is 0 Å². The van der Waals surface area contributed by atoms with Crippen molar-refractivity contribution in [2.45, 2.75) is 38.8 Å². The lowest BCUT2D eigenvalue weighted by Crippen LogP contribution is -2.44. The Hall–Kier alpha value is -1.55. The van der Waals surface area contributed by atoms with Crippen LogP contribution in [0, 0.1) is 0 Å². The number of benzene rings is 1. The predicted molar refractivity (Wildman–Crippen MR) is 70.8 cm³/mol. The van der Waals surface area contributed by atoms with Gasteiger partial charge in [-0.3, -0.25) is 9.69 Å². The van der Waals surface area contributed by atoms with E-state index < -0.39 is 12.0 Å². The molecule has 0 aliphatic rings. The number of carboxylic acid groups (broad SMARTS) is 1. The first-order valence-electron chi connectivity index (χ1n) is 6.18. The molecule has 0 heterocycles. The summed E-state index contributed by atoms with van der Waals surface area (Å²) in [6, 6.07) is 6.71. The van der Waals surface area contributed by atoms with Crippen molar-refractivity contribution in [3.63, 3.8) is 0 Å². The van der Waals surface area contributed by atoms with Gasteiger partial charge in [-0.2, -0.15) is 0 Å². The third-order valence-electron chi connectivity index (χ3n) is 3.33. The summed E-state index contributed by atoms with van der Waals surface area (Å²) in [5.41, 5.74) is 1.09. The maximum Gasteiger partial charge on any atom is 0.320 e. The van der Waals surface area contributed by atoms with Crippen molar-refractivity contribution < 1.29 is 15.0 Å². The molecular formula is C14H21NO3. The van der Waals surface area contributed by atoms with E-state index in [-0.39, 0.29) is 11.8 Å². The first-order valence-corrected chi connectivity index (χ1v) is 6.18. The third-order valence-corrected chi connectivity index (χ3v) is 3.33. The largest absolute Gasteiger partial charge is 0.508 e. The van der Waals surface area contributed by atoms with E-state index in [9.17, 15) is 9.90 Å². The van der Waals surface area contributed by atoms with Crippen LogP contribution in [0.25, 0.3) is 0 Å². The molecule has 0 bridgehead atoms. The molecule has 1 rings (SSSR count). The Bertz CT molecular complexity index is 389. The average molecular weight is 251 g/mol. The number of carbonyl (C=O) groups is 1. The van der Waals surface area contributed by atoms with Crippen LogP contribution in [0.3, 0.4) is 0 Å². The summed E-state index contributed by atoms with van der Waals surface area (Å²) >= 11 is 0. The van der Waals surface area contributed by atoms with Gasteiger partial charge in [0.25, 0.3) is 0 Å². The van der Waals surface area contributed by atoms with E-state index in [0.29, 0.717) is 6.42 Å². The predicted octanol–water partition coefficient (Wildman–Crippen LogP) is 2.12. The topological polar surface area (TPSA) is 60.8 Å². The van der Waals surface area contributed by atoms with Crippen molar-refractivity contribution >= 4 is 5.97 Å². The highest BCUT2D eigenvalue weighted by atomic mass is 16.4. The van der Waals surface area contributed by atoms with Crippen LogP contribution < -0.4 is 0 Å². The Morgan fingerprint density at radius 3 is 2.33 bits per heavy atom. The SMILES string of the molecule is CCC(C(=O)O)N(C)C(C)Cc1ccc(O)cc1. The molecule has 0 aliphatic heterocycles. The molecule has 0 saturated heterocycles. The van der Waals surface area contributed by atoms with Crippen LogP contribution in [0.4, 0.5) is 0 Å². The lowest BCUT2D eigenvalue weighted by atomic mass is 10.0. The zero-order chi connectivity index (χ0) is 13.7. The van der Waals surface area contributed by atoms with Crippen LogP contribution in [0.1, 0.15) is 25.8 Å². The van der Waals surface area contributed by atoms with Crippen LogP contribution >= 0.6 is 0 Å². The van der Waals surface area contributed by atoms with E-state index >= 15 is 0 Å². The molecule has 0 fully saturated rings. The molecular weight excluding hydrogens is 230 g/mol. The summed E-state index contributed by atoms with van der Waals surface area (Å²) in [5.74, 6) is -0.533. The highest BCUT2D eigenvalue weighted by Gasteiger charge is 2.24. The normalized spacial score (nSPS) is 14.4. The maximum atomic E-state index is 11.1. The van der Waals surface area contributed by atoms with Gasteiger partial charge in [0, 0.05) is 6.04 Å². The molecule has 18 heavy (non-hydrogen) atoms. The Morgan fingerprint density at radius 1 is 1.33 bits per heavy atom. The van der Waals surface area contributed by atoms with Gasteiger partial charge in [-0.15, -0.1) is 0 Å². The number of aliphatic carboxylic acids is 1. The molecule has 4 nitrogen and oxygen atoms in total. The van der Waals surface area contributed by atoms with Crippen molar-refractivity contribution in [2.24, 2.45) is 0 Å². The molecule has 100 valence electrons. The quantitative estimate of drug-likeness (QED) is 0.813. The summed E-state index contributed by atoms with van der Waals surface area (Å²) in [5, 5.41) is 18.3. The summed E-state index contributed by atoms with van der Waals surface area (Å²) in [6.07, 6.45) is 1.35. The molecule has 0 aliphatic carbocycles. The zero-order valence-electron chi connectivity index (χ0n) is 11.1. The van der Waals surface area contributed by atoms with E-state index in [1.165, 1.54) is 0 Å². The van der Waals surface area contributed by atoms with Crippen molar-refractivity contribution in [3.05, 3.63) is 29.8 Å². The van der Waals surface area contributed by atoms with Crippen LogP contribution in [0.15, 0.2) is 24.3 Å². The van der Waals surface area contributed by atoms with Gasteiger partial charge in [0.05, 0.1) is 0 Å². The summed E-state index contributed by atoms with van der Waals surface area (Å²) < 4.78 is 0. The van der Waals surface area contributed by atoms with Crippen LogP contribution in [0.2, 0.25) is 0 Å². The highest BCUT2D eigenvalue weighted by Crippen LogP contribution is 2.15. The third kappa shape index (κ3) is 3.74. The maximum absolute atomic E-state index is 11.1. The van der Waals surface area contributed by atoms with E-state index in [1.54, 1.807) is 12.1 Å². The number of phenols is 1. The van der Waals surface area contributed by atoms with E-state index in [1.807, 2.05) is 37.9 Å². The fourth-order valence-corrected chi connectivity index (χ4v) is 2.06. The first-order chi connectivity index (χ1) is 8.45. The fraction of sp³-hybridized carbons (Fsp3) is 0.500. The lowest BCUT2D eigenvalue weighted by Gasteiger charge is -2.30. The molecule has 0 radical (unpaired) electrons. The van der Waals surface area contributed by atoms with E-state index in [0.717, 1.165) is 12.0 Å². The molecule has 2 N–H and O–H groups in total. The minimum Gasteiger partial charge on any atom is -0.508 e. The molecule has 0 saturated carbocycles.